The van der Waals surface area contributed by atoms with Crippen molar-refractivity contribution in [3.63, 3.8) is 0 Å². The summed E-state index contributed by atoms with van der Waals surface area (Å²) in [5, 5.41) is 0. The van der Waals surface area contributed by atoms with Gasteiger partial charge in [0.2, 0.25) is 5.75 Å². The first-order valence-corrected chi connectivity index (χ1v) is 11.1. The van der Waals surface area contributed by atoms with Crippen LogP contribution in [0.3, 0.4) is 0 Å². The minimum absolute atomic E-state index is 0.0581. The third-order valence-electron chi connectivity index (χ3n) is 4.80. The standard InChI is InChI=1S/C25H23F4NO5S/c1-31-20-12-15(13-21(32-2)24(20)34-4)8-9-16-10-11-19(26)23(33-3)22(16)30-36-18-7-5-6-17(14-18)35-25(27,28)29/h5-14,30H,1-4H3/b9-8-. The molecular weight excluding hydrogens is 502 g/mol. The first-order chi connectivity index (χ1) is 17.2. The highest BCUT2D eigenvalue weighted by molar-refractivity contribution is 8.00. The Hall–Kier alpha value is -3.73. The van der Waals surface area contributed by atoms with Gasteiger partial charge in [-0.05, 0) is 60.0 Å². The smallest absolute Gasteiger partial charge is 0.493 e. The molecule has 0 unspecified atom stereocenters. The van der Waals surface area contributed by atoms with Crippen molar-refractivity contribution in [2.24, 2.45) is 0 Å². The second-order valence-corrected chi connectivity index (χ2v) is 7.94. The van der Waals surface area contributed by atoms with E-state index in [9.17, 15) is 17.6 Å². The number of methoxy groups -OCH3 is 4. The molecule has 36 heavy (non-hydrogen) atoms. The van der Waals surface area contributed by atoms with Crippen molar-refractivity contribution in [2.45, 2.75) is 11.3 Å². The lowest BCUT2D eigenvalue weighted by Gasteiger charge is -2.15. The summed E-state index contributed by atoms with van der Waals surface area (Å²) < 4.78 is 80.3. The quantitative estimate of drug-likeness (QED) is 0.173. The zero-order chi connectivity index (χ0) is 26.3. The Morgan fingerprint density at radius 2 is 1.47 bits per heavy atom. The maximum Gasteiger partial charge on any atom is 0.573 e. The van der Waals surface area contributed by atoms with Crippen LogP contribution in [0.5, 0.6) is 28.7 Å². The molecule has 0 saturated carbocycles. The summed E-state index contributed by atoms with van der Waals surface area (Å²) in [6.45, 7) is 0. The molecule has 3 rings (SSSR count). The van der Waals surface area contributed by atoms with Crippen LogP contribution in [0.15, 0.2) is 53.4 Å². The van der Waals surface area contributed by atoms with Crippen LogP contribution < -0.4 is 28.4 Å². The van der Waals surface area contributed by atoms with Crippen LogP contribution in [0.4, 0.5) is 23.2 Å². The predicted octanol–water partition coefficient (Wildman–Crippen LogP) is 7.05. The summed E-state index contributed by atoms with van der Waals surface area (Å²) in [7, 11) is 5.83. The molecule has 0 atom stereocenters. The first kappa shape index (κ1) is 26.9. The average Bonchev–Trinajstić information content (AvgIpc) is 2.85. The van der Waals surface area contributed by atoms with E-state index in [1.807, 2.05) is 0 Å². The molecule has 0 aliphatic rings. The van der Waals surface area contributed by atoms with Gasteiger partial charge in [0.25, 0.3) is 0 Å². The molecule has 0 heterocycles. The Morgan fingerprint density at radius 1 is 0.806 bits per heavy atom. The summed E-state index contributed by atoms with van der Waals surface area (Å²) in [4.78, 5) is 0.405. The molecule has 0 aliphatic heterocycles. The van der Waals surface area contributed by atoms with Gasteiger partial charge in [-0.2, -0.15) is 0 Å². The molecule has 0 amide bonds. The normalized spacial score (nSPS) is 11.3. The van der Waals surface area contributed by atoms with Crippen LogP contribution in [0.1, 0.15) is 11.1 Å². The Bertz CT molecular complexity index is 1210. The zero-order valence-electron chi connectivity index (χ0n) is 19.7. The largest absolute Gasteiger partial charge is 0.573 e. The fourth-order valence-corrected chi connectivity index (χ4v) is 4.00. The molecule has 0 fully saturated rings. The summed E-state index contributed by atoms with van der Waals surface area (Å²) in [5.41, 5.74) is 1.55. The van der Waals surface area contributed by atoms with Crippen molar-refractivity contribution in [3.8, 4) is 28.7 Å². The van der Waals surface area contributed by atoms with E-state index >= 15 is 0 Å². The highest BCUT2D eigenvalue weighted by Gasteiger charge is 2.31. The second-order valence-electron chi connectivity index (χ2n) is 7.06. The van der Waals surface area contributed by atoms with Gasteiger partial charge in [-0.25, -0.2) is 4.39 Å². The van der Waals surface area contributed by atoms with E-state index in [0.717, 1.165) is 11.9 Å². The van der Waals surface area contributed by atoms with Gasteiger partial charge in [-0.15, -0.1) is 13.2 Å². The van der Waals surface area contributed by atoms with Crippen LogP contribution in [0, 0.1) is 5.82 Å². The predicted molar refractivity (Wildman–Crippen MR) is 131 cm³/mol. The lowest BCUT2D eigenvalue weighted by atomic mass is 10.1. The minimum Gasteiger partial charge on any atom is -0.493 e. The number of hydrogen-bond acceptors (Lipinski definition) is 7. The van der Waals surface area contributed by atoms with Crippen LogP contribution in [0.2, 0.25) is 0 Å². The number of benzene rings is 3. The van der Waals surface area contributed by atoms with Crippen LogP contribution >= 0.6 is 11.9 Å². The van der Waals surface area contributed by atoms with Gasteiger partial charge in [0.1, 0.15) is 5.75 Å². The molecule has 0 bridgehead atoms. The SMILES string of the molecule is COc1cc(/C=C\c2ccc(F)c(OC)c2NSc2cccc(OC(F)(F)F)c2)cc(OC)c1OC. The fourth-order valence-electron chi connectivity index (χ4n) is 3.24. The summed E-state index contributed by atoms with van der Waals surface area (Å²) in [5.74, 6) is 0.321. The molecular formula is C25H23F4NO5S. The number of rotatable bonds is 10. The molecule has 3 aromatic carbocycles. The van der Waals surface area contributed by atoms with Crippen LogP contribution in [-0.4, -0.2) is 34.8 Å². The van der Waals surface area contributed by atoms with E-state index in [2.05, 4.69) is 9.46 Å². The number of halogens is 4. The number of ether oxygens (including phenoxy) is 5. The van der Waals surface area contributed by atoms with Crippen molar-refractivity contribution in [1.29, 1.82) is 0 Å². The topological polar surface area (TPSA) is 58.2 Å². The Labute approximate surface area is 209 Å². The fraction of sp³-hybridized carbons (Fsp3) is 0.200. The summed E-state index contributed by atoms with van der Waals surface area (Å²) in [6, 6.07) is 11.7. The third-order valence-corrected chi connectivity index (χ3v) is 5.59. The molecule has 0 spiro atoms. The Morgan fingerprint density at radius 3 is 2.06 bits per heavy atom. The van der Waals surface area contributed by atoms with E-state index in [0.29, 0.717) is 33.3 Å². The van der Waals surface area contributed by atoms with Gasteiger partial charge in [0.15, 0.2) is 23.1 Å². The lowest BCUT2D eigenvalue weighted by Crippen LogP contribution is -2.17. The Balaban J connectivity index is 1.92. The minimum atomic E-state index is -4.81. The van der Waals surface area contributed by atoms with Gasteiger partial charge < -0.3 is 28.4 Å². The molecule has 192 valence electrons. The maximum absolute atomic E-state index is 14.5. The molecule has 0 aromatic heterocycles. The summed E-state index contributed by atoms with van der Waals surface area (Å²) >= 11 is 0.970. The van der Waals surface area contributed by atoms with Crippen molar-refractivity contribution in [3.05, 3.63) is 65.5 Å². The molecule has 11 heteroatoms. The van der Waals surface area contributed by atoms with Crippen molar-refractivity contribution < 1.29 is 41.2 Å². The first-order valence-electron chi connectivity index (χ1n) is 10.3. The van der Waals surface area contributed by atoms with Crippen molar-refractivity contribution in [2.75, 3.05) is 33.2 Å². The maximum atomic E-state index is 14.5. The lowest BCUT2D eigenvalue weighted by molar-refractivity contribution is -0.274. The average molecular weight is 526 g/mol. The number of anilines is 1. The van der Waals surface area contributed by atoms with E-state index in [4.69, 9.17) is 18.9 Å². The molecule has 6 nitrogen and oxygen atoms in total. The number of alkyl halides is 3. The van der Waals surface area contributed by atoms with Gasteiger partial charge in [0, 0.05) is 10.5 Å². The molecule has 1 N–H and O–H groups in total. The van der Waals surface area contributed by atoms with E-state index in [1.165, 1.54) is 52.7 Å². The van der Waals surface area contributed by atoms with E-state index < -0.39 is 12.2 Å². The van der Waals surface area contributed by atoms with Crippen molar-refractivity contribution in [1.82, 2.24) is 0 Å². The number of hydrogen-bond donors (Lipinski definition) is 1. The molecule has 0 radical (unpaired) electrons. The number of nitrogens with one attached hydrogen (secondary N) is 1. The van der Waals surface area contributed by atoms with Gasteiger partial charge in [-0.3, -0.25) is 0 Å². The van der Waals surface area contributed by atoms with Gasteiger partial charge in [0.05, 0.1) is 34.1 Å². The molecule has 3 aromatic rings. The van der Waals surface area contributed by atoms with Gasteiger partial charge >= 0.3 is 6.36 Å². The molecule has 0 aliphatic carbocycles. The van der Waals surface area contributed by atoms with Crippen LogP contribution in [-0.2, 0) is 0 Å². The third kappa shape index (κ3) is 6.69. The highest BCUT2D eigenvalue weighted by atomic mass is 32.2. The van der Waals surface area contributed by atoms with Crippen LogP contribution in [0.25, 0.3) is 12.2 Å². The van der Waals surface area contributed by atoms with E-state index in [-0.39, 0.29) is 17.2 Å². The zero-order valence-corrected chi connectivity index (χ0v) is 20.6. The molecule has 0 saturated heterocycles. The van der Waals surface area contributed by atoms with Crippen molar-refractivity contribution >= 4 is 29.8 Å². The van der Waals surface area contributed by atoms with Gasteiger partial charge in [-0.1, -0.05) is 18.2 Å². The monoisotopic (exact) mass is 525 g/mol. The Kier molecular flexibility index (Phi) is 8.81. The summed E-state index contributed by atoms with van der Waals surface area (Å²) in [6.07, 6.45) is -1.34. The van der Waals surface area contributed by atoms with E-state index in [1.54, 1.807) is 36.4 Å². The highest BCUT2D eigenvalue weighted by Crippen LogP contribution is 2.40. The second kappa shape index (κ2) is 11.8.